The van der Waals surface area contributed by atoms with Gasteiger partial charge in [-0.05, 0) is 36.1 Å². The fourth-order valence-corrected chi connectivity index (χ4v) is 3.56. The molecule has 0 aliphatic heterocycles. The summed E-state index contributed by atoms with van der Waals surface area (Å²) in [5.41, 5.74) is 5.13. The molecule has 0 unspecified atom stereocenters. The Kier molecular flexibility index (Phi) is 5.12. The molecule has 0 spiro atoms. The smallest absolute Gasteiger partial charge is 0.227 e. The van der Waals surface area contributed by atoms with Gasteiger partial charge in [-0.3, -0.25) is 0 Å². The van der Waals surface area contributed by atoms with Crippen LogP contribution in [-0.4, -0.2) is 38.4 Å². The first-order valence-corrected chi connectivity index (χ1v) is 9.27. The van der Waals surface area contributed by atoms with Gasteiger partial charge in [0.2, 0.25) is 11.7 Å². The second-order valence-corrected chi connectivity index (χ2v) is 6.63. The number of anilines is 2. The zero-order valence-corrected chi connectivity index (χ0v) is 16.9. The van der Waals surface area contributed by atoms with Crippen molar-refractivity contribution in [1.82, 2.24) is 9.97 Å². The highest BCUT2D eigenvalue weighted by atomic mass is 16.5. The fraction of sp³-hybridized carbons (Fsp3) is 0.273. The first kappa shape index (κ1) is 18.9. The number of fused-ring (bicyclic) bond motifs is 3. The van der Waals surface area contributed by atoms with Crippen molar-refractivity contribution in [2.45, 2.75) is 12.8 Å². The van der Waals surface area contributed by atoms with Gasteiger partial charge in [0, 0.05) is 29.6 Å². The van der Waals surface area contributed by atoms with E-state index in [1.807, 2.05) is 30.5 Å². The van der Waals surface area contributed by atoms with Crippen molar-refractivity contribution in [3.63, 3.8) is 0 Å². The van der Waals surface area contributed by atoms with Gasteiger partial charge in [-0.2, -0.15) is 0 Å². The third-order valence-corrected chi connectivity index (χ3v) is 5.02. The van der Waals surface area contributed by atoms with Gasteiger partial charge < -0.3 is 24.3 Å². The number of nitrogens with one attached hydrogen (secondary N) is 1. The molecule has 1 N–H and O–H groups in total. The molecule has 0 bridgehead atoms. The van der Waals surface area contributed by atoms with E-state index in [1.54, 1.807) is 28.4 Å². The molecule has 0 fully saturated rings. The number of benzene rings is 2. The van der Waals surface area contributed by atoms with Gasteiger partial charge in [-0.25, -0.2) is 9.97 Å². The van der Waals surface area contributed by atoms with Crippen LogP contribution in [0.3, 0.4) is 0 Å². The highest BCUT2D eigenvalue weighted by Gasteiger charge is 2.20. The van der Waals surface area contributed by atoms with E-state index in [4.69, 9.17) is 23.9 Å². The van der Waals surface area contributed by atoms with Crippen LogP contribution >= 0.6 is 0 Å². The zero-order chi connectivity index (χ0) is 20.4. The number of nitrogens with zero attached hydrogens (tertiary/aromatic N) is 2. The largest absolute Gasteiger partial charge is 0.497 e. The lowest BCUT2D eigenvalue weighted by molar-refractivity contribution is 0.324. The molecule has 0 radical (unpaired) electrons. The molecular formula is C22H23N3O4. The van der Waals surface area contributed by atoms with Crippen molar-refractivity contribution in [3.05, 3.63) is 47.7 Å². The molecule has 4 rings (SSSR count). The molecule has 150 valence electrons. The van der Waals surface area contributed by atoms with E-state index in [0.29, 0.717) is 23.2 Å². The highest BCUT2D eigenvalue weighted by molar-refractivity contribution is 5.73. The quantitative estimate of drug-likeness (QED) is 0.678. The number of aromatic nitrogens is 2. The van der Waals surface area contributed by atoms with Crippen molar-refractivity contribution in [2.24, 2.45) is 0 Å². The van der Waals surface area contributed by atoms with Crippen molar-refractivity contribution in [2.75, 3.05) is 33.8 Å². The molecule has 1 aromatic heterocycles. The summed E-state index contributed by atoms with van der Waals surface area (Å²) < 4.78 is 21.6. The molecule has 1 aliphatic rings. The van der Waals surface area contributed by atoms with E-state index in [1.165, 1.54) is 5.56 Å². The van der Waals surface area contributed by atoms with E-state index in [-0.39, 0.29) is 0 Å². The van der Waals surface area contributed by atoms with Crippen LogP contribution in [0.1, 0.15) is 11.1 Å². The second-order valence-electron chi connectivity index (χ2n) is 6.63. The summed E-state index contributed by atoms with van der Waals surface area (Å²) in [6.07, 6.45) is 3.76. The van der Waals surface area contributed by atoms with Crippen LogP contribution in [0.5, 0.6) is 23.0 Å². The topological polar surface area (TPSA) is 74.7 Å². The first-order valence-electron chi connectivity index (χ1n) is 9.27. The number of hydrogen-bond donors (Lipinski definition) is 1. The highest BCUT2D eigenvalue weighted by Crippen LogP contribution is 2.41. The minimum atomic E-state index is 0.494. The summed E-state index contributed by atoms with van der Waals surface area (Å²) in [6.45, 7) is 0. The van der Waals surface area contributed by atoms with Gasteiger partial charge >= 0.3 is 0 Å². The Morgan fingerprint density at radius 2 is 1.55 bits per heavy atom. The summed E-state index contributed by atoms with van der Waals surface area (Å²) in [7, 11) is 6.41. The molecule has 2 aromatic carbocycles. The van der Waals surface area contributed by atoms with Crippen molar-refractivity contribution in [3.8, 4) is 34.3 Å². The maximum absolute atomic E-state index is 5.42. The van der Waals surface area contributed by atoms with Crippen LogP contribution in [0.15, 0.2) is 36.5 Å². The van der Waals surface area contributed by atoms with Crippen molar-refractivity contribution < 1.29 is 18.9 Å². The van der Waals surface area contributed by atoms with Crippen LogP contribution < -0.4 is 24.3 Å². The lowest BCUT2D eigenvalue weighted by Gasteiger charge is -2.20. The van der Waals surface area contributed by atoms with Crippen LogP contribution in [0, 0.1) is 0 Å². The van der Waals surface area contributed by atoms with E-state index in [0.717, 1.165) is 41.1 Å². The normalized spacial score (nSPS) is 11.9. The average Bonchev–Trinajstić information content (AvgIpc) is 2.77. The van der Waals surface area contributed by atoms with Crippen molar-refractivity contribution in [1.29, 1.82) is 0 Å². The van der Waals surface area contributed by atoms with Crippen molar-refractivity contribution >= 4 is 11.6 Å². The average molecular weight is 393 g/mol. The molecule has 1 aliphatic carbocycles. The summed E-state index contributed by atoms with van der Waals surface area (Å²) in [6, 6.07) is 9.76. The van der Waals surface area contributed by atoms with Gasteiger partial charge in [-0.15, -0.1) is 0 Å². The van der Waals surface area contributed by atoms with Gasteiger partial charge in [0.25, 0.3) is 0 Å². The summed E-state index contributed by atoms with van der Waals surface area (Å²) in [4.78, 5) is 9.28. The second kappa shape index (κ2) is 7.87. The molecule has 7 heteroatoms. The summed E-state index contributed by atoms with van der Waals surface area (Å²) in [5.74, 6) is 2.96. The van der Waals surface area contributed by atoms with Gasteiger partial charge in [0.1, 0.15) is 5.75 Å². The van der Waals surface area contributed by atoms with Gasteiger partial charge in [0.05, 0.1) is 34.1 Å². The fourth-order valence-electron chi connectivity index (χ4n) is 3.56. The summed E-state index contributed by atoms with van der Waals surface area (Å²) >= 11 is 0. The van der Waals surface area contributed by atoms with Gasteiger partial charge in [0.15, 0.2) is 11.5 Å². The van der Waals surface area contributed by atoms with Crippen LogP contribution in [-0.2, 0) is 12.8 Å². The van der Waals surface area contributed by atoms with Gasteiger partial charge in [-0.1, -0.05) is 6.07 Å². The molecule has 0 saturated carbocycles. The molecule has 0 amide bonds. The molecule has 29 heavy (non-hydrogen) atoms. The Balaban J connectivity index is 1.72. The lowest BCUT2D eigenvalue weighted by Crippen LogP contribution is -2.09. The molecule has 3 aromatic rings. The number of ether oxygens (including phenoxy) is 4. The Morgan fingerprint density at radius 3 is 2.21 bits per heavy atom. The van der Waals surface area contributed by atoms with E-state index in [2.05, 4.69) is 16.4 Å². The maximum Gasteiger partial charge on any atom is 0.227 e. The lowest BCUT2D eigenvalue weighted by atomic mass is 9.90. The predicted molar refractivity (Wildman–Crippen MR) is 111 cm³/mol. The third-order valence-electron chi connectivity index (χ3n) is 5.02. The first-order chi connectivity index (χ1) is 14.2. The Morgan fingerprint density at radius 1 is 0.828 bits per heavy atom. The number of hydrogen-bond acceptors (Lipinski definition) is 7. The standard InChI is InChI=1S/C22H23N3O4/c1-26-16-8-7-13-5-6-14-12-23-22(25-20(14)17(13)11-16)24-15-9-18(27-2)21(29-4)19(10-15)28-3/h7-12H,5-6H2,1-4H3,(H,23,24,25). The van der Waals surface area contributed by atoms with Crippen LogP contribution in [0.4, 0.5) is 11.6 Å². The van der Waals surface area contributed by atoms with E-state index < -0.39 is 0 Å². The minimum Gasteiger partial charge on any atom is -0.497 e. The maximum atomic E-state index is 5.42. The molecule has 0 atom stereocenters. The minimum absolute atomic E-state index is 0.494. The SMILES string of the molecule is COc1ccc2c(c1)-c1nc(Nc3cc(OC)c(OC)c(OC)c3)ncc1CC2. The molecule has 7 nitrogen and oxygen atoms in total. The Bertz CT molecular complexity index is 1030. The summed E-state index contributed by atoms with van der Waals surface area (Å²) in [5, 5.41) is 3.25. The van der Waals surface area contributed by atoms with E-state index >= 15 is 0 Å². The molecular weight excluding hydrogens is 370 g/mol. The number of rotatable bonds is 6. The Labute approximate surface area is 169 Å². The number of aryl methyl sites for hydroxylation is 2. The monoisotopic (exact) mass is 393 g/mol. The molecule has 0 saturated heterocycles. The number of methoxy groups -OCH3 is 4. The Hall–Kier alpha value is -3.48. The zero-order valence-electron chi connectivity index (χ0n) is 16.9. The van der Waals surface area contributed by atoms with Crippen LogP contribution in [0.25, 0.3) is 11.3 Å². The van der Waals surface area contributed by atoms with Crippen LogP contribution in [0.2, 0.25) is 0 Å². The molecule has 1 heterocycles. The third kappa shape index (κ3) is 3.51. The predicted octanol–water partition coefficient (Wildman–Crippen LogP) is 4.02. The van der Waals surface area contributed by atoms with E-state index in [9.17, 15) is 0 Å².